The fourth-order valence-corrected chi connectivity index (χ4v) is 2.65. The van der Waals surface area contributed by atoms with E-state index in [9.17, 15) is 4.79 Å². The van der Waals surface area contributed by atoms with Gasteiger partial charge in [-0.1, -0.05) is 6.92 Å². The normalized spacial score (nSPS) is 17.7. The van der Waals surface area contributed by atoms with Crippen molar-refractivity contribution in [2.75, 3.05) is 31.5 Å². The van der Waals surface area contributed by atoms with Crippen LogP contribution in [0.1, 0.15) is 25.3 Å². The third-order valence-electron chi connectivity index (χ3n) is 3.88. The summed E-state index contributed by atoms with van der Waals surface area (Å²) in [6.45, 7) is 5.97. The number of nitriles is 1. The zero-order valence-corrected chi connectivity index (χ0v) is 12.4. The first-order valence-electron chi connectivity index (χ1n) is 7.47. The van der Waals surface area contributed by atoms with Gasteiger partial charge in [0.05, 0.1) is 11.6 Å². The number of nitrogens with zero attached hydrogens (tertiary/aromatic N) is 2. The Hall–Kier alpha value is -1.90. The largest absolute Gasteiger partial charge is 0.326 e. The molecule has 0 bridgehead atoms. The summed E-state index contributed by atoms with van der Waals surface area (Å²) in [7, 11) is 0. The summed E-state index contributed by atoms with van der Waals surface area (Å²) in [4.78, 5) is 14.3. The van der Waals surface area contributed by atoms with E-state index >= 15 is 0 Å². The molecular weight excluding hydrogens is 264 g/mol. The molecule has 1 unspecified atom stereocenters. The minimum Gasteiger partial charge on any atom is -0.326 e. The SMILES string of the molecule is CCN(CCC(=O)Nc1ccc(C#N)cc1)C1CCNC1. The van der Waals surface area contributed by atoms with Crippen LogP contribution in [0, 0.1) is 11.3 Å². The Morgan fingerprint density at radius 2 is 2.24 bits per heavy atom. The average molecular weight is 286 g/mol. The first-order valence-corrected chi connectivity index (χ1v) is 7.47. The molecule has 1 atom stereocenters. The van der Waals surface area contributed by atoms with Crippen LogP contribution in [-0.4, -0.2) is 43.0 Å². The van der Waals surface area contributed by atoms with E-state index < -0.39 is 0 Å². The topological polar surface area (TPSA) is 68.2 Å². The number of anilines is 1. The number of benzene rings is 1. The maximum Gasteiger partial charge on any atom is 0.225 e. The van der Waals surface area contributed by atoms with Gasteiger partial charge in [-0.3, -0.25) is 9.69 Å². The molecule has 1 saturated heterocycles. The van der Waals surface area contributed by atoms with Gasteiger partial charge in [0, 0.05) is 31.2 Å². The van der Waals surface area contributed by atoms with Gasteiger partial charge in [0.1, 0.15) is 0 Å². The average Bonchev–Trinajstić information content (AvgIpc) is 3.03. The summed E-state index contributed by atoms with van der Waals surface area (Å²) < 4.78 is 0. The van der Waals surface area contributed by atoms with Crippen LogP contribution in [0.3, 0.4) is 0 Å². The predicted octanol–water partition coefficient (Wildman–Crippen LogP) is 1.57. The van der Waals surface area contributed by atoms with Gasteiger partial charge in [0.2, 0.25) is 5.91 Å². The van der Waals surface area contributed by atoms with Crippen molar-refractivity contribution in [1.29, 1.82) is 5.26 Å². The van der Waals surface area contributed by atoms with Crippen molar-refractivity contribution >= 4 is 11.6 Å². The van der Waals surface area contributed by atoms with E-state index in [1.807, 2.05) is 0 Å². The Bertz CT molecular complexity index is 500. The predicted molar refractivity (Wildman–Crippen MR) is 82.9 cm³/mol. The Morgan fingerprint density at radius 3 is 2.81 bits per heavy atom. The second-order valence-corrected chi connectivity index (χ2v) is 5.26. The number of carbonyl (C=O) groups is 1. The van der Waals surface area contributed by atoms with Crippen LogP contribution >= 0.6 is 0 Å². The number of likely N-dealkylation sites (N-methyl/N-ethyl adjacent to an activating group) is 1. The highest BCUT2D eigenvalue weighted by Crippen LogP contribution is 2.11. The molecule has 0 radical (unpaired) electrons. The highest BCUT2D eigenvalue weighted by molar-refractivity contribution is 5.90. The molecule has 0 saturated carbocycles. The number of carbonyl (C=O) groups excluding carboxylic acids is 1. The third-order valence-corrected chi connectivity index (χ3v) is 3.88. The van der Waals surface area contributed by atoms with Gasteiger partial charge >= 0.3 is 0 Å². The summed E-state index contributed by atoms with van der Waals surface area (Å²) in [6.07, 6.45) is 1.65. The van der Waals surface area contributed by atoms with Gasteiger partial charge in [-0.15, -0.1) is 0 Å². The van der Waals surface area contributed by atoms with Crippen LogP contribution in [0.15, 0.2) is 24.3 Å². The van der Waals surface area contributed by atoms with Gasteiger partial charge in [-0.2, -0.15) is 5.26 Å². The maximum absolute atomic E-state index is 12.0. The zero-order chi connectivity index (χ0) is 15.1. The van der Waals surface area contributed by atoms with Crippen LogP contribution < -0.4 is 10.6 Å². The molecule has 1 aromatic carbocycles. The van der Waals surface area contributed by atoms with Crippen LogP contribution in [0.5, 0.6) is 0 Å². The lowest BCUT2D eigenvalue weighted by atomic mass is 10.2. The van der Waals surface area contributed by atoms with E-state index in [0.717, 1.165) is 38.3 Å². The molecule has 1 aliphatic heterocycles. The lowest BCUT2D eigenvalue weighted by Gasteiger charge is -2.26. The Balaban J connectivity index is 1.79. The second-order valence-electron chi connectivity index (χ2n) is 5.26. The lowest BCUT2D eigenvalue weighted by Crippen LogP contribution is -2.38. The minimum absolute atomic E-state index is 0.0177. The zero-order valence-electron chi connectivity index (χ0n) is 12.4. The van der Waals surface area contributed by atoms with Crippen molar-refractivity contribution < 1.29 is 4.79 Å². The van der Waals surface area contributed by atoms with Crippen LogP contribution in [-0.2, 0) is 4.79 Å². The van der Waals surface area contributed by atoms with Crippen LogP contribution in [0.4, 0.5) is 5.69 Å². The van der Waals surface area contributed by atoms with Crippen molar-refractivity contribution in [3.05, 3.63) is 29.8 Å². The molecule has 1 fully saturated rings. The molecule has 5 heteroatoms. The summed E-state index contributed by atoms with van der Waals surface area (Å²) in [6, 6.07) is 9.55. The standard InChI is InChI=1S/C16H22N4O/c1-2-20(15-7-9-18-12-15)10-8-16(21)19-14-5-3-13(11-17)4-6-14/h3-6,15,18H,2,7-10,12H2,1H3,(H,19,21). The van der Waals surface area contributed by atoms with Crippen molar-refractivity contribution in [2.24, 2.45) is 0 Å². The molecule has 2 N–H and O–H groups in total. The Kier molecular flexibility index (Phi) is 5.73. The molecule has 1 amide bonds. The molecule has 5 nitrogen and oxygen atoms in total. The van der Waals surface area contributed by atoms with E-state index in [1.54, 1.807) is 24.3 Å². The number of hydrogen-bond donors (Lipinski definition) is 2. The van der Waals surface area contributed by atoms with Gasteiger partial charge < -0.3 is 10.6 Å². The van der Waals surface area contributed by atoms with Gasteiger partial charge in [0.25, 0.3) is 0 Å². The second kappa shape index (κ2) is 7.77. The van der Waals surface area contributed by atoms with Crippen LogP contribution in [0.2, 0.25) is 0 Å². The minimum atomic E-state index is 0.0177. The number of hydrogen-bond acceptors (Lipinski definition) is 4. The van der Waals surface area contributed by atoms with Gasteiger partial charge in [-0.25, -0.2) is 0 Å². The smallest absolute Gasteiger partial charge is 0.225 e. The van der Waals surface area contributed by atoms with E-state index in [4.69, 9.17) is 5.26 Å². The summed E-state index contributed by atoms with van der Waals surface area (Å²) >= 11 is 0. The molecule has 1 heterocycles. The lowest BCUT2D eigenvalue weighted by molar-refractivity contribution is -0.116. The molecule has 0 spiro atoms. The molecule has 0 aromatic heterocycles. The van der Waals surface area contributed by atoms with Crippen molar-refractivity contribution in [3.8, 4) is 6.07 Å². The van der Waals surface area contributed by atoms with E-state index in [-0.39, 0.29) is 5.91 Å². The highest BCUT2D eigenvalue weighted by atomic mass is 16.1. The molecular formula is C16H22N4O. The van der Waals surface area contributed by atoms with Crippen molar-refractivity contribution in [3.63, 3.8) is 0 Å². The van der Waals surface area contributed by atoms with Crippen LogP contribution in [0.25, 0.3) is 0 Å². The van der Waals surface area contributed by atoms with Gasteiger partial charge in [0.15, 0.2) is 0 Å². The fourth-order valence-electron chi connectivity index (χ4n) is 2.65. The molecule has 112 valence electrons. The number of rotatable bonds is 6. The van der Waals surface area contributed by atoms with Gasteiger partial charge in [-0.05, 0) is 43.8 Å². The first-order chi connectivity index (χ1) is 10.2. The van der Waals surface area contributed by atoms with E-state index in [1.165, 1.54) is 0 Å². The number of amides is 1. The maximum atomic E-state index is 12.0. The summed E-state index contributed by atoms with van der Waals surface area (Å²) in [5.41, 5.74) is 1.34. The van der Waals surface area contributed by atoms with Crippen molar-refractivity contribution in [2.45, 2.75) is 25.8 Å². The van der Waals surface area contributed by atoms with E-state index in [0.29, 0.717) is 18.0 Å². The molecule has 0 aliphatic carbocycles. The summed E-state index contributed by atoms with van der Waals surface area (Å²) in [5.74, 6) is 0.0177. The first kappa shape index (κ1) is 15.5. The van der Waals surface area contributed by atoms with Crippen molar-refractivity contribution in [1.82, 2.24) is 10.2 Å². The number of nitrogens with one attached hydrogen (secondary N) is 2. The monoisotopic (exact) mass is 286 g/mol. The quantitative estimate of drug-likeness (QED) is 0.833. The fraction of sp³-hybridized carbons (Fsp3) is 0.500. The molecule has 2 rings (SSSR count). The van der Waals surface area contributed by atoms with E-state index in [2.05, 4.69) is 28.5 Å². The summed E-state index contributed by atoms with van der Waals surface area (Å²) in [5, 5.41) is 15.0. The molecule has 1 aromatic rings. The molecule has 21 heavy (non-hydrogen) atoms. The Labute approximate surface area is 125 Å². The Morgan fingerprint density at radius 1 is 1.48 bits per heavy atom. The highest BCUT2D eigenvalue weighted by Gasteiger charge is 2.21. The third kappa shape index (κ3) is 4.55. The molecule has 1 aliphatic rings.